The minimum Gasteiger partial charge on any atom is -0.462 e. The van der Waals surface area contributed by atoms with Crippen LogP contribution in [0.5, 0.6) is 6.01 Å². The molecule has 0 bridgehead atoms. The number of fused-ring (bicyclic) bond motifs is 2. The Kier molecular flexibility index (Phi) is 7.03. The molecule has 12 nitrogen and oxygen atoms in total. The lowest BCUT2D eigenvalue weighted by Gasteiger charge is -2.38. The molecule has 0 radical (unpaired) electrons. The highest BCUT2D eigenvalue weighted by Gasteiger charge is 2.25. The van der Waals surface area contributed by atoms with Crippen molar-refractivity contribution in [1.82, 2.24) is 30.0 Å². The average Bonchev–Trinajstić information content (AvgIpc) is 3.51. The normalized spacial score (nSPS) is 19.2. The van der Waals surface area contributed by atoms with Gasteiger partial charge in [-0.3, -0.25) is 9.48 Å². The van der Waals surface area contributed by atoms with Gasteiger partial charge in [-0.2, -0.15) is 10.1 Å². The van der Waals surface area contributed by atoms with Crippen molar-refractivity contribution < 1.29 is 23.5 Å². The number of ether oxygens (including phenoxy) is 2. The first-order chi connectivity index (χ1) is 19.7. The number of nitrogens with zero attached hydrogens (tertiary/aromatic N) is 6. The van der Waals surface area contributed by atoms with E-state index in [-0.39, 0.29) is 36.3 Å². The molecule has 2 unspecified atom stereocenters. The summed E-state index contributed by atoms with van der Waals surface area (Å²) in [6.07, 6.45) is 2.97. The van der Waals surface area contributed by atoms with Crippen LogP contribution in [0.15, 0.2) is 36.7 Å². The second-order valence-electron chi connectivity index (χ2n) is 10.5. The van der Waals surface area contributed by atoms with Gasteiger partial charge < -0.3 is 29.9 Å². The second-order valence-corrected chi connectivity index (χ2v) is 10.5. The van der Waals surface area contributed by atoms with E-state index in [0.717, 1.165) is 18.8 Å². The molecular weight excluding hydrogens is 531 g/mol. The fourth-order valence-electron chi connectivity index (χ4n) is 5.50. The summed E-state index contributed by atoms with van der Waals surface area (Å²) in [6.45, 7) is 7.16. The third-order valence-electron chi connectivity index (χ3n) is 7.22. The van der Waals surface area contributed by atoms with Gasteiger partial charge in [0.1, 0.15) is 18.7 Å². The van der Waals surface area contributed by atoms with Crippen molar-refractivity contribution >= 4 is 45.2 Å². The topological polar surface area (TPSA) is 127 Å². The number of halogens is 1. The molecule has 4 heterocycles. The molecule has 2 amide bonds. The molecule has 4 aromatic rings. The number of hydrogen-bond acceptors (Lipinski definition) is 9. The summed E-state index contributed by atoms with van der Waals surface area (Å²) in [5.41, 5.74) is 2.15. The van der Waals surface area contributed by atoms with E-state index in [4.69, 9.17) is 9.47 Å². The fraction of sp³-hybridized carbons (Fsp3) is 0.393. The summed E-state index contributed by atoms with van der Waals surface area (Å²) in [6, 6.07) is 7.18. The largest absolute Gasteiger partial charge is 0.462 e. The Bertz CT molecular complexity index is 1630. The Morgan fingerprint density at radius 3 is 2.78 bits per heavy atom. The number of aryl methyl sites for hydroxylation is 1. The predicted octanol–water partition coefficient (Wildman–Crippen LogP) is 2.93. The van der Waals surface area contributed by atoms with Crippen LogP contribution < -0.4 is 20.3 Å². The molecule has 0 saturated carbocycles. The third kappa shape index (κ3) is 5.44. The van der Waals surface area contributed by atoms with E-state index in [1.807, 2.05) is 6.07 Å². The maximum Gasteiger partial charge on any atom is 0.410 e. The van der Waals surface area contributed by atoms with Crippen molar-refractivity contribution in [3.63, 3.8) is 0 Å². The number of carbonyl (C=O) groups excluding carboxylic acids is 2. The first-order valence-electron chi connectivity index (χ1n) is 13.5. The van der Waals surface area contributed by atoms with Gasteiger partial charge in [0, 0.05) is 66.8 Å². The zero-order valence-corrected chi connectivity index (χ0v) is 23.1. The zero-order chi connectivity index (χ0) is 28.7. The maximum absolute atomic E-state index is 14.7. The maximum atomic E-state index is 14.7. The Hall–Kier alpha value is -4.52. The molecule has 2 fully saturated rings. The van der Waals surface area contributed by atoms with Gasteiger partial charge in [0.2, 0.25) is 0 Å². The monoisotopic (exact) mass is 562 g/mol. The molecule has 6 rings (SSSR count). The van der Waals surface area contributed by atoms with Gasteiger partial charge in [-0.15, -0.1) is 0 Å². The molecule has 2 N–H and O–H groups in total. The summed E-state index contributed by atoms with van der Waals surface area (Å²) in [7, 11) is 1.71. The number of benzene rings is 2. The molecule has 13 heteroatoms. The minimum absolute atomic E-state index is 0.0844. The van der Waals surface area contributed by atoms with Crippen molar-refractivity contribution in [3.8, 4) is 6.01 Å². The van der Waals surface area contributed by atoms with E-state index in [1.165, 1.54) is 10.7 Å². The van der Waals surface area contributed by atoms with E-state index in [2.05, 4.69) is 44.4 Å². The number of carbonyl (C=O) groups is 2. The van der Waals surface area contributed by atoms with Gasteiger partial charge >= 0.3 is 12.1 Å². The van der Waals surface area contributed by atoms with Crippen LogP contribution >= 0.6 is 0 Å². The number of hydrogen-bond donors (Lipinski definition) is 2. The van der Waals surface area contributed by atoms with Crippen molar-refractivity contribution in [2.45, 2.75) is 25.9 Å². The summed E-state index contributed by atoms with van der Waals surface area (Å²) >= 11 is 0. The third-order valence-corrected chi connectivity index (χ3v) is 7.22. The van der Waals surface area contributed by atoms with Crippen LogP contribution in [0.1, 0.15) is 24.2 Å². The molecule has 2 saturated heterocycles. The van der Waals surface area contributed by atoms with Gasteiger partial charge in [0.25, 0.3) is 5.91 Å². The number of cyclic esters (lactones) is 1. The lowest BCUT2D eigenvalue weighted by atomic mass is 10.0. The van der Waals surface area contributed by atoms with Gasteiger partial charge in [-0.1, -0.05) is 0 Å². The SMILES string of the molecule is CC1CN(c2ccc(C(=O)Nc3cc(F)c4nn(C)cc4c3)c3nc(OCCN4CCOC4=O)ncc23)CC(C)N1. The average molecular weight is 563 g/mol. The van der Waals surface area contributed by atoms with Crippen LogP contribution in [0.3, 0.4) is 0 Å². The molecule has 0 aliphatic carbocycles. The van der Waals surface area contributed by atoms with Gasteiger partial charge in [0.05, 0.1) is 24.2 Å². The zero-order valence-electron chi connectivity index (χ0n) is 23.1. The molecule has 2 aliphatic rings. The molecule has 2 aliphatic heterocycles. The molecular formula is C28H31FN8O4. The minimum atomic E-state index is -0.527. The highest BCUT2D eigenvalue weighted by Crippen LogP contribution is 2.31. The van der Waals surface area contributed by atoms with Crippen molar-refractivity contribution in [1.29, 1.82) is 0 Å². The number of rotatable bonds is 7. The lowest BCUT2D eigenvalue weighted by Crippen LogP contribution is -2.54. The number of nitrogens with one attached hydrogen (secondary N) is 2. The molecule has 2 aromatic heterocycles. The number of anilines is 2. The molecule has 0 spiro atoms. The van der Waals surface area contributed by atoms with E-state index >= 15 is 0 Å². The Balaban J connectivity index is 1.32. The molecule has 2 atom stereocenters. The fourth-order valence-corrected chi connectivity index (χ4v) is 5.50. The van der Waals surface area contributed by atoms with Gasteiger partial charge in [-0.25, -0.2) is 14.2 Å². The van der Waals surface area contributed by atoms with E-state index in [0.29, 0.717) is 47.2 Å². The highest BCUT2D eigenvalue weighted by atomic mass is 19.1. The van der Waals surface area contributed by atoms with Crippen molar-refractivity contribution in [2.75, 3.05) is 49.6 Å². The summed E-state index contributed by atoms with van der Waals surface area (Å²) < 4.78 is 26.9. The lowest BCUT2D eigenvalue weighted by molar-refractivity contribution is 0.102. The van der Waals surface area contributed by atoms with Crippen LogP contribution in [-0.2, 0) is 11.8 Å². The quantitative estimate of drug-likeness (QED) is 0.350. The molecule has 214 valence electrons. The summed E-state index contributed by atoms with van der Waals surface area (Å²) in [5.74, 6) is -0.976. The molecule has 2 aromatic carbocycles. The Labute approximate surface area is 235 Å². The first kappa shape index (κ1) is 26.7. The Morgan fingerprint density at radius 2 is 2.02 bits per heavy atom. The van der Waals surface area contributed by atoms with E-state index in [9.17, 15) is 14.0 Å². The number of amides is 2. The van der Waals surface area contributed by atoms with E-state index < -0.39 is 11.7 Å². The predicted molar refractivity (Wildman–Crippen MR) is 151 cm³/mol. The van der Waals surface area contributed by atoms with Crippen molar-refractivity contribution in [2.24, 2.45) is 7.05 Å². The van der Waals surface area contributed by atoms with Crippen LogP contribution in [0, 0.1) is 5.82 Å². The first-order valence-corrected chi connectivity index (χ1v) is 13.5. The molecule has 41 heavy (non-hydrogen) atoms. The van der Waals surface area contributed by atoms with Crippen LogP contribution in [-0.4, -0.2) is 88.1 Å². The van der Waals surface area contributed by atoms with Crippen LogP contribution in [0.2, 0.25) is 0 Å². The van der Waals surface area contributed by atoms with Crippen LogP contribution in [0.4, 0.5) is 20.6 Å². The Morgan fingerprint density at radius 1 is 1.22 bits per heavy atom. The van der Waals surface area contributed by atoms with Crippen molar-refractivity contribution in [3.05, 3.63) is 48.0 Å². The summed E-state index contributed by atoms with van der Waals surface area (Å²) in [4.78, 5) is 38.1. The summed E-state index contributed by atoms with van der Waals surface area (Å²) in [5, 5.41) is 11.7. The second kappa shape index (κ2) is 10.8. The van der Waals surface area contributed by atoms with E-state index in [1.54, 1.807) is 36.5 Å². The number of aromatic nitrogens is 4. The van der Waals surface area contributed by atoms with Gasteiger partial charge in [0.15, 0.2) is 5.82 Å². The van der Waals surface area contributed by atoms with Gasteiger partial charge in [-0.05, 0) is 38.1 Å². The highest BCUT2D eigenvalue weighted by molar-refractivity contribution is 6.14. The van der Waals surface area contributed by atoms with Crippen LogP contribution in [0.25, 0.3) is 21.8 Å². The number of piperazine rings is 1. The standard InChI is InChI=1S/C28H31FN8O4/c1-16-13-37(14-17(2)31-16)23-5-4-20(26(38)32-19-10-18-15-35(3)34-24(18)22(29)11-19)25-21(23)12-30-27(33-25)40-8-6-36-7-9-41-28(36)39/h4-5,10-12,15-17,31H,6-9,13-14H2,1-3H3,(H,32,38). The smallest absolute Gasteiger partial charge is 0.410 e.